The van der Waals surface area contributed by atoms with Gasteiger partial charge < -0.3 is 19.3 Å². The van der Waals surface area contributed by atoms with E-state index in [1.807, 2.05) is 20.8 Å². The topological polar surface area (TPSA) is 99.1 Å². The van der Waals surface area contributed by atoms with E-state index in [9.17, 15) is 19.5 Å². The van der Waals surface area contributed by atoms with Crippen LogP contribution in [0.1, 0.15) is 92.9 Å². The highest BCUT2D eigenvalue weighted by atomic mass is 16.6. The average Bonchev–Trinajstić information content (AvgIpc) is 3.02. The predicted molar refractivity (Wildman–Crippen MR) is 129 cm³/mol. The molecule has 4 aliphatic carbocycles. The van der Waals surface area contributed by atoms with E-state index in [0.29, 0.717) is 19.4 Å². The van der Waals surface area contributed by atoms with Gasteiger partial charge >= 0.3 is 17.9 Å². The minimum atomic E-state index is -1.06. The third-order valence-electron chi connectivity index (χ3n) is 9.58. The average molecular weight is 491 g/mol. The third-order valence-corrected chi connectivity index (χ3v) is 9.58. The molecule has 4 rings (SSSR count). The van der Waals surface area contributed by atoms with E-state index in [-0.39, 0.29) is 47.4 Å². The van der Waals surface area contributed by atoms with Gasteiger partial charge in [-0.05, 0) is 89.5 Å². The number of carbonyl (C=O) groups is 3. The molecule has 0 bridgehead atoms. The number of aliphatic hydroxyl groups is 1. The summed E-state index contributed by atoms with van der Waals surface area (Å²) in [7, 11) is 0. The van der Waals surface area contributed by atoms with Crippen LogP contribution in [0.4, 0.5) is 0 Å². The molecule has 0 radical (unpaired) electrons. The molecule has 35 heavy (non-hydrogen) atoms. The maximum absolute atomic E-state index is 12.7. The van der Waals surface area contributed by atoms with Crippen LogP contribution in [0.15, 0.2) is 11.6 Å². The van der Waals surface area contributed by atoms with Gasteiger partial charge in [0.2, 0.25) is 0 Å². The van der Waals surface area contributed by atoms with Crippen molar-refractivity contribution in [3.63, 3.8) is 0 Å². The van der Waals surface area contributed by atoms with Crippen molar-refractivity contribution in [2.75, 3.05) is 6.61 Å². The summed E-state index contributed by atoms with van der Waals surface area (Å²) in [6, 6.07) is 0. The molecule has 1 N–H and O–H groups in total. The SMILES string of the molecule is CC(=O)OC[C@]12CCC(OC(C)=O)CC1CC=C1[C@H]2CC[C@]2(C)C(OC(=O)C(C)(C)C)CC[C@@]12O. The molecular weight excluding hydrogens is 448 g/mol. The summed E-state index contributed by atoms with van der Waals surface area (Å²) in [5, 5.41) is 12.3. The molecule has 0 aromatic carbocycles. The first-order chi connectivity index (χ1) is 16.2. The molecule has 0 spiro atoms. The molecule has 4 aliphatic rings. The Morgan fingerprint density at radius 2 is 1.74 bits per heavy atom. The lowest BCUT2D eigenvalue weighted by molar-refractivity contribution is -0.178. The highest BCUT2D eigenvalue weighted by Gasteiger charge is 2.67. The Labute approximate surface area is 208 Å². The molecule has 7 heteroatoms. The Hall–Kier alpha value is -1.89. The van der Waals surface area contributed by atoms with Crippen molar-refractivity contribution < 1.29 is 33.7 Å². The van der Waals surface area contributed by atoms with E-state index in [4.69, 9.17) is 14.2 Å². The summed E-state index contributed by atoms with van der Waals surface area (Å²) in [6.45, 7) is 10.8. The fourth-order valence-electron chi connectivity index (χ4n) is 7.57. The van der Waals surface area contributed by atoms with Crippen LogP contribution < -0.4 is 0 Å². The van der Waals surface area contributed by atoms with Crippen molar-refractivity contribution in [3.05, 3.63) is 11.6 Å². The smallest absolute Gasteiger partial charge is 0.311 e. The summed E-state index contributed by atoms with van der Waals surface area (Å²) < 4.78 is 17.2. The number of fused-ring (bicyclic) bond motifs is 5. The van der Waals surface area contributed by atoms with Gasteiger partial charge in [0.1, 0.15) is 12.2 Å². The van der Waals surface area contributed by atoms with Gasteiger partial charge in [0, 0.05) is 24.7 Å². The summed E-state index contributed by atoms with van der Waals surface area (Å²) in [5.41, 5.74) is -1.46. The zero-order chi connectivity index (χ0) is 25.8. The molecule has 3 saturated carbocycles. The quantitative estimate of drug-likeness (QED) is 0.352. The van der Waals surface area contributed by atoms with Crippen LogP contribution in [0.5, 0.6) is 0 Å². The first kappa shape index (κ1) is 26.2. The van der Waals surface area contributed by atoms with E-state index in [2.05, 4.69) is 13.0 Å². The number of esters is 3. The van der Waals surface area contributed by atoms with Crippen LogP contribution in [0.3, 0.4) is 0 Å². The van der Waals surface area contributed by atoms with Crippen molar-refractivity contribution >= 4 is 17.9 Å². The molecule has 0 amide bonds. The Balaban J connectivity index is 1.65. The van der Waals surface area contributed by atoms with Crippen molar-refractivity contribution in [1.29, 1.82) is 0 Å². The van der Waals surface area contributed by atoms with Crippen LogP contribution in [0, 0.1) is 28.1 Å². The monoisotopic (exact) mass is 490 g/mol. The van der Waals surface area contributed by atoms with Crippen LogP contribution in [0.2, 0.25) is 0 Å². The molecule has 7 nitrogen and oxygen atoms in total. The largest absolute Gasteiger partial charge is 0.465 e. The zero-order valence-electron chi connectivity index (χ0n) is 22.1. The lowest BCUT2D eigenvalue weighted by Crippen LogP contribution is -2.60. The molecule has 0 heterocycles. The maximum atomic E-state index is 12.7. The Morgan fingerprint density at radius 3 is 2.37 bits per heavy atom. The number of hydrogen-bond acceptors (Lipinski definition) is 7. The third kappa shape index (κ3) is 4.32. The normalized spacial score (nSPS) is 40.5. The summed E-state index contributed by atoms with van der Waals surface area (Å²) in [5.74, 6) is -0.515. The van der Waals surface area contributed by atoms with Crippen LogP contribution in [-0.4, -0.2) is 47.4 Å². The van der Waals surface area contributed by atoms with E-state index in [1.54, 1.807) is 0 Å². The second kappa shape index (κ2) is 8.89. The van der Waals surface area contributed by atoms with Crippen molar-refractivity contribution in [1.82, 2.24) is 0 Å². The van der Waals surface area contributed by atoms with E-state index < -0.39 is 16.4 Å². The number of rotatable bonds is 4. The highest BCUT2D eigenvalue weighted by molar-refractivity contribution is 5.75. The van der Waals surface area contributed by atoms with E-state index in [0.717, 1.165) is 44.1 Å². The molecule has 0 aromatic heterocycles. The predicted octanol–water partition coefficient (Wildman–Crippen LogP) is 4.50. The Morgan fingerprint density at radius 1 is 1.03 bits per heavy atom. The Kier molecular flexibility index (Phi) is 6.65. The van der Waals surface area contributed by atoms with E-state index in [1.165, 1.54) is 13.8 Å². The molecule has 3 unspecified atom stereocenters. The standard InChI is InChI=1S/C28H42O7/c1-17(29)33-16-27-13-9-20(34-18(2)30)15-19(27)7-8-22-21(27)10-12-26(6)23(11-14-28(22,26)32)35-24(31)25(3,4)5/h8,19-21,23,32H,7,9-16H2,1-6H3/t19?,20?,21-,23?,26-,27-,28-/m1/s1. The van der Waals surface area contributed by atoms with Crippen LogP contribution in [0.25, 0.3) is 0 Å². The van der Waals surface area contributed by atoms with Gasteiger partial charge in [0.25, 0.3) is 0 Å². The zero-order valence-corrected chi connectivity index (χ0v) is 22.1. The second-order valence-corrected chi connectivity index (χ2v) is 12.7. The van der Waals surface area contributed by atoms with Gasteiger partial charge in [-0.1, -0.05) is 13.0 Å². The summed E-state index contributed by atoms with van der Waals surface area (Å²) >= 11 is 0. The number of hydrogen-bond donors (Lipinski definition) is 1. The lowest BCUT2D eigenvalue weighted by atomic mass is 9.47. The van der Waals surface area contributed by atoms with Gasteiger partial charge in [-0.15, -0.1) is 0 Å². The minimum Gasteiger partial charge on any atom is -0.465 e. The number of carbonyl (C=O) groups excluding carboxylic acids is 3. The van der Waals surface area contributed by atoms with Gasteiger partial charge in [-0.25, -0.2) is 0 Å². The van der Waals surface area contributed by atoms with E-state index >= 15 is 0 Å². The molecule has 3 fully saturated rings. The van der Waals surface area contributed by atoms with Crippen molar-refractivity contribution in [3.8, 4) is 0 Å². The first-order valence-electron chi connectivity index (χ1n) is 13.2. The lowest BCUT2D eigenvalue weighted by Gasteiger charge is -2.60. The molecule has 196 valence electrons. The van der Waals surface area contributed by atoms with Crippen molar-refractivity contribution in [2.24, 2.45) is 28.1 Å². The van der Waals surface area contributed by atoms with Gasteiger partial charge in [0.05, 0.1) is 17.6 Å². The van der Waals surface area contributed by atoms with Crippen molar-refractivity contribution in [2.45, 2.75) is 111 Å². The number of allylic oxidation sites excluding steroid dienone is 1. The fourth-order valence-corrected chi connectivity index (χ4v) is 7.57. The molecule has 0 aromatic rings. The summed E-state index contributed by atoms with van der Waals surface area (Å²) in [6.07, 6.45) is 7.49. The maximum Gasteiger partial charge on any atom is 0.311 e. The Bertz CT molecular complexity index is 917. The molecule has 7 atom stereocenters. The highest BCUT2D eigenvalue weighted by Crippen LogP contribution is 2.66. The fraction of sp³-hybridized carbons (Fsp3) is 0.821. The number of ether oxygens (including phenoxy) is 3. The van der Waals surface area contributed by atoms with Gasteiger partial charge in [-0.2, -0.15) is 0 Å². The molecule has 0 aliphatic heterocycles. The van der Waals surface area contributed by atoms with Crippen LogP contribution >= 0.6 is 0 Å². The van der Waals surface area contributed by atoms with Crippen LogP contribution in [-0.2, 0) is 28.6 Å². The first-order valence-corrected chi connectivity index (χ1v) is 13.2. The molecular formula is C28H42O7. The van der Waals surface area contributed by atoms with Gasteiger partial charge in [-0.3, -0.25) is 14.4 Å². The minimum absolute atomic E-state index is 0.0778. The second-order valence-electron chi connectivity index (χ2n) is 12.7. The molecule has 0 saturated heterocycles. The van der Waals surface area contributed by atoms with Gasteiger partial charge in [0.15, 0.2) is 0 Å². The summed E-state index contributed by atoms with van der Waals surface area (Å²) in [4.78, 5) is 36.2.